The first-order valence-corrected chi connectivity index (χ1v) is 8.37. The van der Waals surface area contributed by atoms with Gasteiger partial charge in [0.05, 0.1) is 6.04 Å². The summed E-state index contributed by atoms with van der Waals surface area (Å²) in [6.07, 6.45) is 0.774. The van der Waals surface area contributed by atoms with E-state index in [4.69, 9.17) is 0 Å². The van der Waals surface area contributed by atoms with Crippen molar-refractivity contribution in [1.82, 2.24) is 15.1 Å². The van der Waals surface area contributed by atoms with E-state index in [1.54, 1.807) is 42.7 Å². The van der Waals surface area contributed by atoms with Crippen molar-refractivity contribution in [2.45, 2.75) is 40.2 Å². The number of urea groups is 1. The predicted molar refractivity (Wildman–Crippen MR) is 91.3 cm³/mol. The average molecular weight is 335 g/mol. The van der Waals surface area contributed by atoms with Crippen LogP contribution in [0, 0.1) is 19.7 Å². The van der Waals surface area contributed by atoms with Crippen LogP contribution in [-0.2, 0) is 4.79 Å². The molecule has 0 aromatic heterocycles. The van der Waals surface area contributed by atoms with E-state index in [9.17, 15) is 14.0 Å². The first-order chi connectivity index (χ1) is 11.3. The topological polar surface area (TPSA) is 52.7 Å². The molecular weight excluding hydrogens is 309 g/mol. The number of nitrogens with zero attached hydrogens (tertiary/aromatic N) is 2. The van der Waals surface area contributed by atoms with Gasteiger partial charge in [-0.2, -0.15) is 0 Å². The minimum Gasteiger partial charge on any atom is -0.341 e. The van der Waals surface area contributed by atoms with Crippen LogP contribution in [0.25, 0.3) is 0 Å². The molecule has 1 atom stereocenters. The van der Waals surface area contributed by atoms with Gasteiger partial charge in [-0.1, -0.05) is 12.1 Å². The quantitative estimate of drug-likeness (QED) is 0.903. The number of halogens is 1. The smallest absolute Gasteiger partial charge is 0.317 e. The Balaban J connectivity index is 2.00. The lowest BCUT2D eigenvalue weighted by molar-refractivity contribution is -0.128. The maximum atomic E-state index is 13.7. The zero-order valence-electron chi connectivity index (χ0n) is 14.9. The third-order valence-corrected chi connectivity index (χ3v) is 4.53. The van der Waals surface area contributed by atoms with E-state index in [2.05, 4.69) is 5.32 Å². The molecule has 0 spiro atoms. The standard InChI is InChI=1S/C18H26FN3O2/c1-12-10-16(11-13(2)17(12)19)14(3)20-18(24)22-7-5-6-21(8-9-22)15(4)23/h10-11,14H,5-9H2,1-4H3,(H,20,24)/t14-/m1/s1. The maximum Gasteiger partial charge on any atom is 0.317 e. The molecule has 1 saturated heterocycles. The highest BCUT2D eigenvalue weighted by Crippen LogP contribution is 2.20. The molecule has 1 aromatic carbocycles. The molecule has 1 aliphatic rings. The van der Waals surface area contributed by atoms with Gasteiger partial charge in [0, 0.05) is 33.1 Å². The summed E-state index contributed by atoms with van der Waals surface area (Å²) in [4.78, 5) is 27.4. The van der Waals surface area contributed by atoms with Crippen molar-refractivity contribution in [3.63, 3.8) is 0 Å². The van der Waals surface area contributed by atoms with Crippen molar-refractivity contribution in [2.75, 3.05) is 26.2 Å². The minimum absolute atomic E-state index is 0.0443. The molecule has 132 valence electrons. The van der Waals surface area contributed by atoms with Gasteiger partial charge in [0.25, 0.3) is 0 Å². The Labute approximate surface area is 142 Å². The number of hydrogen-bond acceptors (Lipinski definition) is 2. The largest absolute Gasteiger partial charge is 0.341 e. The van der Waals surface area contributed by atoms with Gasteiger partial charge in [-0.25, -0.2) is 9.18 Å². The van der Waals surface area contributed by atoms with Gasteiger partial charge in [0.1, 0.15) is 5.82 Å². The Morgan fingerprint density at radius 3 is 2.21 bits per heavy atom. The van der Waals surface area contributed by atoms with Crippen LogP contribution >= 0.6 is 0 Å². The molecule has 24 heavy (non-hydrogen) atoms. The van der Waals surface area contributed by atoms with Crippen molar-refractivity contribution < 1.29 is 14.0 Å². The molecular formula is C18H26FN3O2. The molecule has 1 fully saturated rings. The lowest BCUT2D eigenvalue weighted by Crippen LogP contribution is -2.43. The van der Waals surface area contributed by atoms with Crippen LogP contribution in [0.4, 0.5) is 9.18 Å². The van der Waals surface area contributed by atoms with Crippen LogP contribution in [0.15, 0.2) is 12.1 Å². The van der Waals surface area contributed by atoms with Crippen LogP contribution in [0.2, 0.25) is 0 Å². The van der Waals surface area contributed by atoms with Crippen molar-refractivity contribution in [2.24, 2.45) is 0 Å². The van der Waals surface area contributed by atoms with Crippen LogP contribution in [0.3, 0.4) is 0 Å². The Bertz CT molecular complexity index is 610. The first-order valence-electron chi connectivity index (χ1n) is 8.37. The Kier molecular flexibility index (Phi) is 5.80. The van der Waals surface area contributed by atoms with Crippen molar-refractivity contribution in [1.29, 1.82) is 0 Å². The van der Waals surface area contributed by atoms with Gasteiger partial charge in [-0.05, 0) is 43.9 Å². The molecule has 0 saturated carbocycles. The number of hydrogen-bond donors (Lipinski definition) is 1. The van der Waals surface area contributed by atoms with Gasteiger partial charge >= 0.3 is 6.03 Å². The monoisotopic (exact) mass is 335 g/mol. The van der Waals surface area contributed by atoms with E-state index < -0.39 is 0 Å². The molecule has 5 nitrogen and oxygen atoms in total. The highest BCUT2D eigenvalue weighted by Gasteiger charge is 2.22. The van der Waals surface area contributed by atoms with Gasteiger partial charge < -0.3 is 15.1 Å². The van der Waals surface area contributed by atoms with Gasteiger partial charge in [-0.3, -0.25) is 4.79 Å². The number of carbonyl (C=O) groups excluding carboxylic acids is 2. The second-order valence-electron chi connectivity index (χ2n) is 6.49. The fourth-order valence-corrected chi connectivity index (χ4v) is 3.02. The third kappa shape index (κ3) is 4.24. The van der Waals surface area contributed by atoms with Crippen LogP contribution < -0.4 is 5.32 Å². The predicted octanol–water partition coefficient (Wildman–Crippen LogP) is 2.77. The zero-order chi connectivity index (χ0) is 17.9. The number of aryl methyl sites for hydroxylation is 2. The highest BCUT2D eigenvalue weighted by molar-refractivity contribution is 5.75. The summed E-state index contributed by atoms with van der Waals surface area (Å²) in [5.74, 6) is -0.156. The second kappa shape index (κ2) is 7.64. The summed E-state index contributed by atoms with van der Waals surface area (Å²) >= 11 is 0. The Hall–Kier alpha value is -2.11. The second-order valence-corrected chi connectivity index (χ2v) is 6.49. The molecule has 0 bridgehead atoms. The third-order valence-electron chi connectivity index (χ3n) is 4.53. The number of rotatable bonds is 2. The lowest BCUT2D eigenvalue weighted by atomic mass is 10.0. The summed E-state index contributed by atoms with van der Waals surface area (Å²) in [5.41, 5.74) is 2.05. The number of carbonyl (C=O) groups is 2. The van der Waals surface area contributed by atoms with Crippen molar-refractivity contribution in [3.05, 3.63) is 34.6 Å². The summed E-state index contributed by atoms with van der Waals surface area (Å²) in [7, 11) is 0. The van der Waals surface area contributed by atoms with Crippen molar-refractivity contribution >= 4 is 11.9 Å². The SMILES string of the molecule is CC(=O)N1CCCN(C(=O)N[C@H](C)c2cc(C)c(F)c(C)c2)CC1. The fraction of sp³-hybridized carbons (Fsp3) is 0.556. The molecule has 3 amide bonds. The van der Waals surface area contributed by atoms with E-state index in [1.165, 1.54) is 0 Å². The summed E-state index contributed by atoms with van der Waals surface area (Å²) in [5, 5.41) is 2.97. The summed E-state index contributed by atoms with van der Waals surface area (Å²) < 4.78 is 13.7. The number of nitrogens with one attached hydrogen (secondary N) is 1. The molecule has 1 heterocycles. The highest BCUT2D eigenvalue weighted by atomic mass is 19.1. The average Bonchev–Trinajstić information content (AvgIpc) is 2.78. The first kappa shape index (κ1) is 18.2. The minimum atomic E-state index is -0.206. The van der Waals surface area contributed by atoms with Gasteiger partial charge in [0.2, 0.25) is 5.91 Å². The van der Waals surface area contributed by atoms with E-state index in [0.717, 1.165) is 12.0 Å². The molecule has 6 heteroatoms. The molecule has 0 aliphatic carbocycles. The van der Waals surface area contributed by atoms with E-state index in [1.807, 2.05) is 6.92 Å². The molecule has 0 unspecified atom stereocenters. The zero-order valence-corrected chi connectivity index (χ0v) is 14.9. The van der Waals surface area contributed by atoms with Crippen LogP contribution in [0.1, 0.15) is 43.0 Å². The molecule has 1 N–H and O–H groups in total. The number of benzene rings is 1. The van der Waals surface area contributed by atoms with Gasteiger partial charge in [-0.15, -0.1) is 0 Å². The molecule has 2 rings (SSSR count). The summed E-state index contributed by atoms with van der Waals surface area (Å²) in [6.45, 7) is 9.30. The molecule has 1 aromatic rings. The van der Waals surface area contributed by atoms with E-state index >= 15 is 0 Å². The molecule has 1 aliphatic heterocycles. The normalized spacial score (nSPS) is 16.5. The number of amides is 3. The maximum absolute atomic E-state index is 13.7. The summed E-state index contributed by atoms with van der Waals surface area (Å²) in [6, 6.07) is 3.19. The Morgan fingerprint density at radius 2 is 1.62 bits per heavy atom. The van der Waals surface area contributed by atoms with Crippen LogP contribution in [0.5, 0.6) is 0 Å². The lowest BCUT2D eigenvalue weighted by Gasteiger charge is -2.24. The van der Waals surface area contributed by atoms with Gasteiger partial charge in [0.15, 0.2) is 0 Å². The van der Waals surface area contributed by atoms with E-state index in [0.29, 0.717) is 37.3 Å². The molecule has 0 radical (unpaired) electrons. The Morgan fingerprint density at radius 1 is 1.08 bits per heavy atom. The fourth-order valence-electron chi connectivity index (χ4n) is 3.02. The van der Waals surface area contributed by atoms with Crippen LogP contribution in [-0.4, -0.2) is 47.9 Å². The van der Waals surface area contributed by atoms with E-state index in [-0.39, 0.29) is 23.8 Å². The van der Waals surface area contributed by atoms with Crippen molar-refractivity contribution in [3.8, 4) is 0 Å².